The standard InChI is InChI=1S/C20H32N4O3/c1-2-21-20(22-10-6-16-26-17-7-3-4-8-17)24-13-11-23(12-14-24)19(25)18-9-5-15-27-18/h5,9,15,17H,2-4,6-8,10-14,16H2,1H3,(H,21,22). The van der Waals surface area contributed by atoms with Crippen molar-refractivity contribution in [3.63, 3.8) is 0 Å². The van der Waals surface area contributed by atoms with E-state index in [2.05, 4.69) is 17.1 Å². The molecule has 27 heavy (non-hydrogen) atoms. The predicted octanol–water partition coefficient (Wildman–Crippen LogP) is 2.35. The highest BCUT2D eigenvalue weighted by atomic mass is 16.5. The van der Waals surface area contributed by atoms with Gasteiger partial charge in [-0.15, -0.1) is 0 Å². The molecule has 2 aliphatic rings. The van der Waals surface area contributed by atoms with E-state index in [9.17, 15) is 4.79 Å². The van der Waals surface area contributed by atoms with Crippen LogP contribution in [0.2, 0.25) is 0 Å². The number of hydrogen-bond acceptors (Lipinski definition) is 4. The summed E-state index contributed by atoms with van der Waals surface area (Å²) in [4.78, 5) is 21.2. The third-order valence-electron chi connectivity index (χ3n) is 5.15. The number of nitrogens with zero attached hydrogens (tertiary/aromatic N) is 3. The van der Waals surface area contributed by atoms with E-state index >= 15 is 0 Å². The molecule has 7 nitrogen and oxygen atoms in total. The van der Waals surface area contributed by atoms with Crippen LogP contribution in [0.1, 0.15) is 49.6 Å². The van der Waals surface area contributed by atoms with Crippen molar-refractivity contribution in [1.29, 1.82) is 0 Å². The average molecular weight is 377 g/mol. The molecule has 1 aliphatic carbocycles. The van der Waals surface area contributed by atoms with E-state index in [1.165, 1.54) is 31.9 Å². The molecule has 1 saturated carbocycles. The van der Waals surface area contributed by atoms with Crippen molar-refractivity contribution in [1.82, 2.24) is 15.1 Å². The number of hydrogen-bond donors (Lipinski definition) is 1. The molecule has 1 aromatic heterocycles. The molecule has 0 unspecified atom stereocenters. The average Bonchev–Trinajstić information content (AvgIpc) is 3.40. The lowest BCUT2D eigenvalue weighted by molar-refractivity contribution is 0.0577. The van der Waals surface area contributed by atoms with Crippen molar-refractivity contribution in [2.45, 2.75) is 45.1 Å². The van der Waals surface area contributed by atoms with Gasteiger partial charge < -0.3 is 24.3 Å². The van der Waals surface area contributed by atoms with Gasteiger partial charge in [0.15, 0.2) is 11.7 Å². The first-order chi connectivity index (χ1) is 13.3. The van der Waals surface area contributed by atoms with Crippen LogP contribution in [0.5, 0.6) is 0 Å². The monoisotopic (exact) mass is 376 g/mol. The zero-order valence-electron chi connectivity index (χ0n) is 16.4. The zero-order valence-corrected chi connectivity index (χ0v) is 16.4. The molecule has 1 aliphatic heterocycles. The van der Waals surface area contributed by atoms with Crippen LogP contribution in [0, 0.1) is 0 Å². The fourth-order valence-electron chi connectivity index (χ4n) is 3.66. The number of carbonyl (C=O) groups excluding carboxylic acids is 1. The molecule has 0 atom stereocenters. The smallest absolute Gasteiger partial charge is 0.289 e. The number of amides is 1. The van der Waals surface area contributed by atoms with Crippen molar-refractivity contribution >= 4 is 11.9 Å². The summed E-state index contributed by atoms with van der Waals surface area (Å²) < 4.78 is 11.1. The Morgan fingerprint density at radius 2 is 2.00 bits per heavy atom. The first-order valence-corrected chi connectivity index (χ1v) is 10.3. The van der Waals surface area contributed by atoms with Crippen LogP contribution < -0.4 is 5.32 Å². The van der Waals surface area contributed by atoms with E-state index in [1.807, 2.05) is 4.90 Å². The fraction of sp³-hybridized carbons (Fsp3) is 0.700. The molecule has 0 spiro atoms. The number of rotatable bonds is 7. The second kappa shape index (κ2) is 10.3. The highest BCUT2D eigenvalue weighted by Gasteiger charge is 2.25. The van der Waals surface area contributed by atoms with Crippen molar-refractivity contribution in [2.24, 2.45) is 4.99 Å². The third kappa shape index (κ3) is 5.73. The van der Waals surface area contributed by atoms with E-state index in [4.69, 9.17) is 14.1 Å². The maximum Gasteiger partial charge on any atom is 0.289 e. The number of nitrogens with one attached hydrogen (secondary N) is 1. The first kappa shape index (κ1) is 19.7. The van der Waals surface area contributed by atoms with Crippen molar-refractivity contribution < 1.29 is 13.9 Å². The fourth-order valence-corrected chi connectivity index (χ4v) is 3.66. The second-order valence-electron chi connectivity index (χ2n) is 7.12. The Kier molecular flexibility index (Phi) is 7.56. The summed E-state index contributed by atoms with van der Waals surface area (Å²) in [7, 11) is 0. The van der Waals surface area contributed by atoms with E-state index in [1.54, 1.807) is 12.1 Å². The Morgan fingerprint density at radius 1 is 1.26 bits per heavy atom. The largest absolute Gasteiger partial charge is 0.459 e. The molecule has 0 aromatic carbocycles. The third-order valence-corrected chi connectivity index (χ3v) is 5.15. The predicted molar refractivity (Wildman–Crippen MR) is 105 cm³/mol. The Morgan fingerprint density at radius 3 is 2.67 bits per heavy atom. The quantitative estimate of drug-likeness (QED) is 0.449. The Bertz CT molecular complexity index is 588. The Labute approximate surface area is 161 Å². The van der Waals surface area contributed by atoms with Crippen LogP contribution in [0.4, 0.5) is 0 Å². The normalized spacial score (nSPS) is 18.9. The summed E-state index contributed by atoms with van der Waals surface area (Å²) in [5.41, 5.74) is 0. The molecule has 2 fully saturated rings. The Hall–Kier alpha value is -2.02. The van der Waals surface area contributed by atoms with Gasteiger partial charge in [0.25, 0.3) is 5.91 Å². The Balaban J connectivity index is 1.42. The molecular weight excluding hydrogens is 344 g/mol. The molecule has 150 valence electrons. The van der Waals surface area contributed by atoms with Crippen LogP contribution in [-0.4, -0.2) is 73.6 Å². The number of carbonyl (C=O) groups is 1. The molecule has 1 aromatic rings. The lowest BCUT2D eigenvalue weighted by Gasteiger charge is -2.36. The van der Waals surface area contributed by atoms with Gasteiger partial charge in [0.05, 0.1) is 12.4 Å². The van der Waals surface area contributed by atoms with Crippen LogP contribution in [0.3, 0.4) is 0 Å². The zero-order chi connectivity index (χ0) is 18.9. The summed E-state index contributed by atoms with van der Waals surface area (Å²) in [6.07, 6.45) is 8.00. The lowest BCUT2D eigenvalue weighted by atomic mass is 10.3. The highest BCUT2D eigenvalue weighted by molar-refractivity contribution is 5.91. The lowest BCUT2D eigenvalue weighted by Crippen LogP contribution is -2.53. The minimum absolute atomic E-state index is 0.0364. The van der Waals surface area contributed by atoms with Crippen LogP contribution in [0.25, 0.3) is 0 Å². The van der Waals surface area contributed by atoms with Gasteiger partial charge in [-0.2, -0.15) is 0 Å². The number of guanidine groups is 1. The summed E-state index contributed by atoms with van der Waals surface area (Å²) in [5.74, 6) is 1.31. The molecule has 0 bridgehead atoms. The van der Waals surface area contributed by atoms with Gasteiger partial charge in [-0.05, 0) is 38.3 Å². The molecule has 1 saturated heterocycles. The topological polar surface area (TPSA) is 70.3 Å². The van der Waals surface area contributed by atoms with Gasteiger partial charge >= 0.3 is 0 Å². The van der Waals surface area contributed by atoms with Gasteiger partial charge in [0.1, 0.15) is 0 Å². The van der Waals surface area contributed by atoms with Crippen LogP contribution in [-0.2, 0) is 4.74 Å². The van der Waals surface area contributed by atoms with Gasteiger partial charge in [0.2, 0.25) is 0 Å². The molecule has 2 heterocycles. The number of ether oxygens (including phenoxy) is 1. The molecule has 0 radical (unpaired) electrons. The number of furan rings is 1. The van der Waals surface area contributed by atoms with Crippen molar-refractivity contribution in [3.05, 3.63) is 24.2 Å². The minimum Gasteiger partial charge on any atom is -0.459 e. The van der Waals surface area contributed by atoms with E-state index in [0.29, 0.717) is 25.0 Å². The first-order valence-electron chi connectivity index (χ1n) is 10.3. The summed E-state index contributed by atoms with van der Waals surface area (Å²) >= 11 is 0. The van der Waals surface area contributed by atoms with Gasteiger partial charge in [-0.25, -0.2) is 0 Å². The summed E-state index contributed by atoms with van der Waals surface area (Å²) in [6, 6.07) is 3.46. The summed E-state index contributed by atoms with van der Waals surface area (Å²) in [6.45, 7) is 7.37. The van der Waals surface area contributed by atoms with Crippen LogP contribution >= 0.6 is 0 Å². The molecule has 7 heteroatoms. The molecular formula is C20H32N4O3. The van der Waals surface area contributed by atoms with Gasteiger partial charge in [0, 0.05) is 45.9 Å². The molecule has 3 rings (SSSR count). The maximum atomic E-state index is 12.4. The molecule has 1 amide bonds. The van der Waals surface area contributed by atoms with E-state index in [0.717, 1.165) is 45.2 Å². The number of piperazine rings is 1. The van der Waals surface area contributed by atoms with Gasteiger partial charge in [-0.1, -0.05) is 12.8 Å². The van der Waals surface area contributed by atoms with E-state index in [-0.39, 0.29) is 5.91 Å². The minimum atomic E-state index is -0.0364. The maximum absolute atomic E-state index is 12.4. The van der Waals surface area contributed by atoms with Gasteiger partial charge in [-0.3, -0.25) is 9.79 Å². The van der Waals surface area contributed by atoms with Crippen LogP contribution in [0.15, 0.2) is 27.8 Å². The van der Waals surface area contributed by atoms with E-state index < -0.39 is 0 Å². The highest BCUT2D eigenvalue weighted by Crippen LogP contribution is 2.20. The summed E-state index contributed by atoms with van der Waals surface area (Å²) in [5, 5.41) is 3.37. The van der Waals surface area contributed by atoms with Crippen molar-refractivity contribution in [2.75, 3.05) is 45.9 Å². The van der Waals surface area contributed by atoms with Crippen molar-refractivity contribution in [3.8, 4) is 0 Å². The second-order valence-corrected chi connectivity index (χ2v) is 7.12. The SMILES string of the molecule is CCNC(=NCCCOC1CCCC1)N1CCN(C(=O)c2ccco2)CC1. The number of aliphatic imine (C=N–C) groups is 1. The molecule has 1 N–H and O–H groups in total.